The molecular formula is C36H44F4N6O9S. The number of halogens is 4. The fourth-order valence-corrected chi connectivity index (χ4v) is 9.10. The van der Waals surface area contributed by atoms with Gasteiger partial charge in [-0.05, 0) is 69.9 Å². The van der Waals surface area contributed by atoms with Gasteiger partial charge in [0.05, 0.1) is 35.4 Å². The first-order valence-corrected chi connectivity index (χ1v) is 20.2. The summed E-state index contributed by atoms with van der Waals surface area (Å²) in [6.07, 6.45) is -4.76. The minimum Gasteiger partial charge on any atom is -0.497 e. The smallest absolute Gasteiger partial charge is 0.407 e. The second-order valence-corrected chi connectivity index (χ2v) is 17.9. The summed E-state index contributed by atoms with van der Waals surface area (Å²) >= 11 is 0. The van der Waals surface area contributed by atoms with Gasteiger partial charge in [0.1, 0.15) is 36.1 Å². The molecule has 7 atom stereocenters. The van der Waals surface area contributed by atoms with Crippen molar-refractivity contribution in [2.45, 2.75) is 113 Å². The van der Waals surface area contributed by atoms with E-state index in [0.29, 0.717) is 25.0 Å². The van der Waals surface area contributed by atoms with Gasteiger partial charge < -0.3 is 29.7 Å². The predicted octanol–water partition coefficient (Wildman–Crippen LogP) is 3.54. The molecule has 3 heterocycles. The van der Waals surface area contributed by atoms with Crippen LogP contribution in [0.2, 0.25) is 0 Å². The van der Waals surface area contributed by atoms with Crippen molar-refractivity contribution < 1.29 is 59.4 Å². The van der Waals surface area contributed by atoms with Gasteiger partial charge in [-0.25, -0.2) is 32.0 Å². The van der Waals surface area contributed by atoms with Gasteiger partial charge in [0, 0.05) is 18.4 Å². The topological polar surface area (TPSA) is 195 Å². The second-order valence-electron chi connectivity index (χ2n) is 15.7. The molecule has 0 radical (unpaired) electrons. The number of rotatable bonds is 8. The van der Waals surface area contributed by atoms with E-state index in [9.17, 15) is 36.4 Å². The minimum absolute atomic E-state index is 0.0397. The lowest BCUT2D eigenvalue weighted by Gasteiger charge is -2.29. The molecule has 20 heteroatoms. The Balaban J connectivity index is 1.24. The summed E-state index contributed by atoms with van der Waals surface area (Å²) in [5.41, 5.74) is -2.79. The van der Waals surface area contributed by atoms with Crippen LogP contribution in [0, 0.1) is 17.8 Å². The number of alkyl carbamates (subject to hydrolysis) is 1. The van der Waals surface area contributed by atoms with E-state index in [1.54, 1.807) is 13.0 Å². The monoisotopic (exact) mass is 812 g/mol. The number of carbonyl (C=O) groups is 4. The number of nitrogens with zero attached hydrogens (tertiary/aromatic N) is 3. The SMILES string of the molecule is CC[C@@H]1[C@@H]2CN(C(=O)CNC(=O)O[C@@H]3C[C@H]3CCCCC(F)(F)c3nc4ccc(OC)cc4nc3O2)[C@@H]1C(=O)N[C@]1(C(=O)NS(=O)(=O)C2(C)CC2)C[C@H]1C(F)F. The normalized spacial score (nSPS) is 31.0. The van der Waals surface area contributed by atoms with Gasteiger partial charge in [-0.1, -0.05) is 13.3 Å². The van der Waals surface area contributed by atoms with Crippen LogP contribution in [-0.4, -0.2) is 102 Å². The molecule has 0 spiro atoms. The van der Waals surface area contributed by atoms with Crippen molar-refractivity contribution in [2.75, 3.05) is 20.2 Å². The molecule has 3 aliphatic carbocycles. The molecule has 4 amide bonds. The number of benzene rings is 1. The molecule has 0 unspecified atom stereocenters. The van der Waals surface area contributed by atoms with E-state index in [0.717, 1.165) is 4.90 Å². The van der Waals surface area contributed by atoms with Gasteiger partial charge in [0.2, 0.25) is 34.1 Å². The lowest BCUT2D eigenvalue weighted by molar-refractivity contribution is -0.140. The van der Waals surface area contributed by atoms with Crippen molar-refractivity contribution in [3.63, 3.8) is 0 Å². The first-order valence-electron chi connectivity index (χ1n) is 18.7. The fourth-order valence-electron chi connectivity index (χ4n) is 7.79. The summed E-state index contributed by atoms with van der Waals surface area (Å²) in [5, 5.41) is 4.73. The number of carbonyl (C=O) groups excluding carboxylic acids is 4. The van der Waals surface area contributed by atoms with Crippen LogP contribution in [0.15, 0.2) is 18.2 Å². The number of ether oxygens (including phenoxy) is 3. The average molecular weight is 813 g/mol. The number of methoxy groups -OCH3 is 1. The predicted molar refractivity (Wildman–Crippen MR) is 188 cm³/mol. The summed E-state index contributed by atoms with van der Waals surface area (Å²) in [5.74, 6) is -9.77. The van der Waals surface area contributed by atoms with E-state index in [2.05, 4.69) is 20.6 Å². The Bertz CT molecular complexity index is 2040. The van der Waals surface area contributed by atoms with E-state index < -0.39 is 124 Å². The maximum Gasteiger partial charge on any atom is 0.407 e. The number of hydrogen-bond acceptors (Lipinski definition) is 11. The third-order valence-electron chi connectivity index (χ3n) is 11.8. The highest BCUT2D eigenvalue weighted by Gasteiger charge is 2.67. The number of hydrogen-bond donors (Lipinski definition) is 3. The van der Waals surface area contributed by atoms with Crippen LogP contribution in [-0.2, 0) is 35.1 Å². The van der Waals surface area contributed by atoms with Gasteiger partial charge in [-0.2, -0.15) is 8.78 Å². The molecule has 4 fully saturated rings. The van der Waals surface area contributed by atoms with Gasteiger partial charge >= 0.3 is 6.09 Å². The van der Waals surface area contributed by atoms with Crippen molar-refractivity contribution in [1.29, 1.82) is 0 Å². The Morgan fingerprint density at radius 1 is 1.09 bits per heavy atom. The van der Waals surface area contributed by atoms with E-state index in [-0.39, 0.29) is 42.6 Å². The Morgan fingerprint density at radius 2 is 1.84 bits per heavy atom. The summed E-state index contributed by atoms with van der Waals surface area (Å²) in [6.45, 7) is 1.95. The quantitative estimate of drug-likeness (QED) is 0.330. The van der Waals surface area contributed by atoms with Crippen LogP contribution in [0.3, 0.4) is 0 Å². The maximum absolute atomic E-state index is 16.2. The standard InChI is InChI=1S/C36H44F4N6O9S/c1-4-20-25-17-46(27(20)30(48)44-35(15-21(35)29(37)38)32(49)45-56(51,52)34(2)11-12-34)26(47)16-41-33(50)55-24-13-18(24)7-5-6-10-36(39,40)28-31(54-25)43-23-14-19(53-3)8-9-22(23)42-28/h8-9,14,18,20-21,24-25,27,29H,4-7,10-13,15-17H2,1-3H3,(H,41,50)(H,44,48)(H,45,49)/t18-,20-,21+,24-,25+,27+,35-/m1/s1. The maximum atomic E-state index is 16.2. The molecule has 1 saturated heterocycles. The van der Waals surface area contributed by atoms with E-state index in [4.69, 9.17) is 14.2 Å². The van der Waals surface area contributed by atoms with Gasteiger partial charge in [0.25, 0.3) is 11.8 Å². The molecule has 2 aliphatic heterocycles. The third-order valence-corrected chi connectivity index (χ3v) is 14.0. The van der Waals surface area contributed by atoms with Crippen molar-refractivity contribution in [2.24, 2.45) is 17.8 Å². The van der Waals surface area contributed by atoms with Crippen LogP contribution in [0.5, 0.6) is 11.6 Å². The molecule has 2 bridgehead atoms. The molecule has 3 N–H and O–H groups in total. The van der Waals surface area contributed by atoms with Crippen LogP contribution in [0.1, 0.15) is 77.3 Å². The number of nitrogens with one attached hydrogen (secondary N) is 3. The van der Waals surface area contributed by atoms with Crippen molar-refractivity contribution in [3.05, 3.63) is 23.9 Å². The highest BCUT2D eigenvalue weighted by molar-refractivity contribution is 7.91. The van der Waals surface area contributed by atoms with Crippen molar-refractivity contribution in [3.8, 4) is 11.6 Å². The van der Waals surface area contributed by atoms with Gasteiger partial charge in [0.15, 0.2) is 5.69 Å². The summed E-state index contributed by atoms with van der Waals surface area (Å²) < 4.78 is 104. The summed E-state index contributed by atoms with van der Waals surface area (Å²) in [6, 6.07) is 2.94. The zero-order valence-electron chi connectivity index (χ0n) is 31.0. The van der Waals surface area contributed by atoms with Crippen molar-refractivity contribution >= 4 is 44.9 Å². The summed E-state index contributed by atoms with van der Waals surface area (Å²) in [4.78, 5) is 64.0. The van der Waals surface area contributed by atoms with Crippen LogP contribution in [0.25, 0.3) is 11.0 Å². The molecule has 56 heavy (non-hydrogen) atoms. The second kappa shape index (κ2) is 14.5. The van der Waals surface area contributed by atoms with Crippen LogP contribution in [0.4, 0.5) is 22.4 Å². The van der Waals surface area contributed by atoms with Crippen LogP contribution < -0.4 is 24.8 Å². The van der Waals surface area contributed by atoms with Gasteiger partial charge in [-0.3, -0.25) is 19.1 Å². The number of aromatic nitrogens is 2. The van der Waals surface area contributed by atoms with E-state index in [1.165, 1.54) is 26.2 Å². The molecular weight excluding hydrogens is 768 g/mol. The lowest BCUT2D eigenvalue weighted by Crippen LogP contribution is -2.59. The van der Waals surface area contributed by atoms with Gasteiger partial charge in [-0.15, -0.1) is 0 Å². The van der Waals surface area contributed by atoms with E-state index >= 15 is 8.78 Å². The third kappa shape index (κ3) is 7.52. The van der Waals surface area contributed by atoms with Crippen LogP contribution >= 0.6 is 0 Å². The number of amides is 4. The molecule has 1 aromatic heterocycles. The molecule has 3 saturated carbocycles. The Labute approximate surface area is 320 Å². The number of sulfonamides is 1. The Hall–Kier alpha value is -4.49. The molecule has 306 valence electrons. The largest absolute Gasteiger partial charge is 0.497 e. The zero-order valence-corrected chi connectivity index (χ0v) is 31.8. The Morgan fingerprint density at radius 3 is 2.50 bits per heavy atom. The Kier molecular flexibility index (Phi) is 10.3. The summed E-state index contributed by atoms with van der Waals surface area (Å²) in [7, 11) is -2.88. The first kappa shape index (κ1) is 39.7. The number of alkyl halides is 4. The minimum atomic E-state index is -4.29. The molecule has 2 aromatic rings. The first-order chi connectivity index (χ1) is 26.4. The van der Waals surface area contributed by atoms with E-state index in [1.807, 2.05) is 4.72 Å². The number of fused-ring (bicyclic) bond motifs is 5. The average Bonchev–Trinajstić information content (AvgIpc) is 4.10. The zero-order chi connectivity index (χ0) is 40.4. The fraction of sp³-hybridized carbons (Fsp3) is 0.667. The highest BCUT2D eigenvalue weighted by atomic mass is 32.2. The molecule has 15 nitrogen and oxygen atoms in total. The molecule has 5 aliphatic rings. The molecule has 1 aromatic carbocycles. The van der Waals surface area contributed by atoms with Crippen molar-refractivity contribution in [1.82, 2.24) is 30.2 Å². The lowest BCUT2D eigenvalue weighted by atomic mass is 9.93. The highest BCUT2D eigenvalue weighted by Crippen LogP contribution is 2.50. The molecule has 7 rings (SSSR count).